The van der Waals surface area contributed by atoms with Crippen LogP contribution in [0.15, 0.2) is 60.7 Å². The Morgan fingerprint density at radius 3 is 2.44 bits per heavy atom. The molecule has 0 aromatic heterocycles. The number of likely N-dealkylation sites (tertiary alicyclic amines) is 1. The molecule has 2 N–H and O–H groups in total. The van der Waals surface area contributed by atoms with E-state index < -0.39 is 11.7 Å². The summed E-state index contributed by atoms with van der Waals surface area (Å²) in [6.45, 7) is 6.02. The lowest BCUT2D eigenvalue weighted by molar-refractivity contribution is -0.130. The van der Waals surface area contributed by atoms with Gasteiger partial charge < -0.3 is 20.1 Å². The van der Waals surface area contributed by atoms with E-state index in [1.165, 1.54) is 23.1 Å². The van der Waals surface area contributed by atoms with Gasteiger partial charge in [0.05, 0.1) is 6.04 Å². The van der Waals surface area contributed by atoms with Crippen molar-refractivity contribution >= 4 is 29.7 Å². The quantitative estimate of drug-likeness (QED) is 0.636. The number of rotatable bonds is 6. The minimum Gasteiger partial charge on any atom is -0.508 e. The van der Waals surface area contributed by atoms with E-state index in [2.05, 4.69) is 5.32 Å². The summed E-state index contributed by atoms with van der Waals surface area (Å²) in [6, 6.07) is 15.3. The Labute approximate surface area is 199 Å². The van der Waals surface area contributed by atoms with Gasteiger partial charge in [-0.05, 0) is 63.1 Å². The Bertz CT molecular complexity index is 1030. The van der Waals surface area contributed by atoms with Crippen LogP contribution in [-0.4, -0.2) is 59.2 Å². The molecule has 0 saturated carbocycles. The number of phenols is 1. The van der Waals surface area contributed by atoms with Crippen molar-refractivity contribution in [2.45, 2.75) is 38.8 Å². The second-order valence-corrected chi connectivity index (χ2v) is 9.16. The first-order chi connectivity index (χ1) is 16.1. The predicted molar refractivity (Wildman–Crippen MR) is 130 cm³/mol. The number of alkyl carbamates (subject to hydrolysis) is 1. The second kappa shape index (κ2) is 10.9. The summed E-state index contributed by atoms with van der Waals surface area (Å²) in [5, 5.41) is 12.4. The fourth-order valence-electron chi connectivity index (χ4n) is 3.56. The maximum Gasteiger partial charge on any atom is 0.407 e. The van der Waals surface area contributed by atoms with Crippen LogP contribution in [0.2, 0.25) is 0 Å². The minimum absolute atomic E-state index is 0.0675. The molecule has 34 heavy (non-hydrogen) atoms. The molecule has 0 unspecified atom stereocenters. The topological polar surface area (TPSA) is 99.2 Å². The first kappa shape index (κ1) is 24.8. The molecule has 0 radical (unpaired) electrons. The zero-order chi connectivity index (χ0) is 24.7. The lowest BCUT2D eigenvalue weighted by atomic mass is 10.2. The van der Waals surface area contributed by atoms with E-state index in [1.807, 2.05) is 30.3 Å². The van der Waals surface area contributed by atoms with Gasteiger partial charge in [-0.15, -0.1) is 0 Å². The third-order valence-electron chi connectivity index (χ3n) is 5.20. The SMILES string of the molecule is CC(C)(C)OC(=O)N[C@H]1CCN(C(=O)CN(C(=O)/C=C/c2ccccc2)c2ccc(O)cc2)C1. The number of hydrogen-bond acceptors (Lipinski definition) is 5. The molecule has 0 spiro atoms. The van der Waals surface area contributed by atoms with Crippen LogP contribution in [-0.2, 0) is 14.3 Å². The smallest absolute Gasteiger partial charge is 0.407 e. The van der Waals surface area contributed by atoms with Crippen LogP contribution in [0.4, 0.5) is 10.5 Å². The molecule has 2 aromatic carbocycles. The summed E-state index contributed by atoms with van der Waals surface area (Å²) < 4.78 is 5.29. The van der Waals surface area contributed by atoms with E-state index in [0.717, 1.165) is 5.56 Å². The summed E-state index contributed by atoms with van der Waals surface area (Å²) in [5.74, 6) is -0.522. The van der Waals surface area contributed by atoms with E-state index in [-0.39, 0.29) is 30.2 Å². The van der Waals surface area contributed by atoms with E-state index in [0.29, 0.717) is 25.2 Å². The summed E-state index contributed by atoms with van der Waals surface area (Å²) in [6.07, 6.45) is 3.20. The third kappa shape index (κ3) is 7.37. The van der Waals surface area contributed by atoms with Gasteiger partial charge in [0.25, 0.3) is 5.91 Å². The van der Waals surface area contributed by atoms with E-state index in [9.17, 15) is 19.5 Å². The third-order valence-corrected chi connectivity index (χ3v) is 5.20. The Hall–Kier alpha value is -3.81. The molecule has 8 heteroatoms. The van der Waals surface area contributed by atoms with Crippen LogP contribution >= 0.6 is 0 Å². The second-order valence-electron chi connectivity index (χ2n) is 9.16. The van der Waals surface area contributed by atoms with Gasteiger partial charge >= 0.3 is 6.09 Å². The predicted octanol–water partition coefficient (Wildman–Crippen LogP) is 3.56. The fourth-order valence-corrected chi connectivity index (χ4v) is 3.56. The molecule has 1 aliphatic heterocycles. The summed E-state index contributed by atoms with van der Waals surface area (Å²) in [4.78, 5) is 41.1. The number of nitrogens with zero attached hydrogens (tertiary/aromatic N) is 2. The van der Waals surface area contributed by atoms with Gasteiger partial charge in [-0.2, -0.15) is 0 Å². The van der Waals surface area contributed by atoms with Crippen LogP contribution in [0.3, 0.4) is 0 Å². The molecule has 1 saturated heterocycles. The number of ether oxygens (including phenoxy) is 1. The van der Waals surface area contributed by atoms with Crippen molar-refractivity contribution < 1.29 is 24.2 Å². The molecule has 0 aliphatic carbocycles. The number of aromatic hydroxyl groups is 1. The Balaban J connectivity index is 1.67. The number of phenolic OH excluding ortho intramolecular Hbond substituents is 1. The zero-order valence-electron chi connectivity index (χ0n) is 19.7. The minimum atomic E-state index is -0.601. The highest BCUT2D eigenvalue weighted by molar-refractivity contribution is 6.06. The first-order valence-electron chi connectivity index (χ1n) is 11.2. The number of anilines is 1. The molecular weight excluding hydrogens is 434 g/mol. The van der Waals surface area contributed by atoms with Gasteiger partial charge in [-0.3, -0.25) is 14.5 Å². The number of amides is 3. The molecule has 8 nitrogen and oxygen atoms in total. The zero-order valence-corrected chi connectivity index (χ0v) is 19.7. The molecule has 3 rings (SSSR count). The van der Waals surface area contributed by atoms with Crippen molar-refractivity contribution in [2.24, 2.45) is 0 Å². The average Bonchev–Trinajstić information content (AvgIpc) is 3.24. The summed E-state index contributed by atoms with van der Waals surface area (Å²) in [7, 11) is 0. The van der Waals surface area contributed by atoms with Gasteiger partial charge in [-0.25, -0.2) is 4.79 Å². The highest BCUT2D eigenvalue weighted by Gasteiger charge is 2.30. The summed E-state index contributed by atoms with van der Waals surface area (Å²) >= 11 is 0. The molecule has 2 aromatic rings. The molecule has 1 aliphatic rings. The molecular formula is C26H31N3O5. The molecule has 3 amide bonds. The number of carbonyl (C=O) groups excluding carboxylic acids is 3. The van der Waals surface area contributed by atoms with Crippen LogP contribution in [0.5, 0.6) is 5.75 Å². The number of nitrogens with one attached hydrogen (secondary N) is 1. The van der Waals surface area contributed by atoms with Crippen molar-refractivity contribution in [1.82, 2.24) is 10.2 Å². The van der Waals surface area contributed by atoms with E-state index in [4.69, 9.17) is 4.74 Å². The van der Waals surface area contributed by atoms with Crippen molar-refractivity contribution in [3.63, 3.8) is 0 Å². The van der Waals surface area contributed by atoms with Crippen molar-refractivity contribution in [3.8, 4) is 5.75 Å². The molecule has 1 heterocycles. The van der Waals surface area contributed by atoms with Gasteiger partial charge in [0.1, 0.15) is 17.9 Å². The number of carbonyl (C=O) groups is 3. The number of benzene rings is 2. The Morgan fingerprint density at radius 2 is 1.79 bits per heavy atom. The lowest BCUT2D eigenvalue weighted by Crippen LogP contribution is -2.44. The largest absolute Gasteiger partial charge is 0.508 e. The van der Waals surface area contributed by atoms with Gasteiger partial charge in [0.2, 0.25) is 5.91 Å². The average molecular weight is 466 g/mol. The monoisotopic (exact) mass is 465 g/mol. The van der Waals surface area contributed by atoms with Crippen molar-refractivity contribution in [3.05, 3.63) is 66.2 Å². The maximum atomic E-state index is 13.0. The van der Waals surface area contributed by atoms with Gasteiger partial charge in [0.15, 0.2) is 0 Å². The van der Waals surface area contributed by atoms with Crippen molar-refractivity contribution in [2.75, 3.05) is 24.5 Å². The van der Waals surface area contributed by atoms with Gasteiger partial charge in [0, 0.05) is 24.9 Å². The lowest BCUT2D eigenvalue weighted by Gasteiger charge is -2.25. The highest BCUT2D eigenvalue weighted by Crippen LogP contribution is 2.20. The maximum absolute atomic E-state index is 13.0. The Morgan fingerprint density at radius 1 is 1.12 bits per heavy atom. The Kier molecular flexibility index (Phi) is 7.94. The standard InChI is InChI=1S/C26H31N3O5/c1-26(2,3)34-25(33)27-20-15-16-28(17-20)24(32)18-29(21-10-12-22(30)13-11-21)23(31)14-9-19-7-5-4-6-8-19/h4-14,20,30H,15-18H2,1-3H3,(H,27,33)/b14-9+/t20-/m0/s1. The van der Waals surface area contributed by atoms with Gasteiger partial charge in [-0.1, -0.05) is 30.3 Å². The molecule has 0 bridgehead atoms. The normalized spacial score (nSPS) is 15.9. The van der Waals surface area contributed by atoms with Crippen LogP contribution in [0.1, 0.15) is 32.8 Å². The fraction of sp³-hybridized carbons (Fsp3) is 0.346. The van der Waals surface area contributed by atoms with Crippen LogP contribution in [0, 0.1) is 0 Å². The summed E-state index contributed by atoms with van der Waals surface area (Å²) in [5.41, 5.74) is 0.760. The molecule has 180 valence electrons. The molecule has 1 fully saturated rings. The number of hydrogen-bond donors (Lipinski definition) is 2. The van der Waals surface area contributed by atoms with Crippen molar-refractivity contribution in [1.29, 1.82) is 0 Å². The molecule has 1 atom stereocenters. The first-order valence-corrected chi connectivity index (χ1v) is 11.2. The highest BCUT2D eigenvalue weighted by atomic mass is 16.6. The van der Waals surface area contributed by atoms with Crippen LogP contribution in [0.25, 0.3) is 6.08 Å². The van der Waals surface area contributed by atoms with Crippen LogP contribution < -0.4 is 10.2 Å². The van der Waals surface area contributed by atoms with E-state index in [1.54, 1.807) is 43.9 Å². The van der Waals surface area contributed by atoms with E-state index >= 15 is 0 Å².